The van der Waals surface area contributed by atoms with Crippen LogP contribution in [-0.2, 0) is 12.8 Å². The smallest absolute Gasteiger partial charge is 0.0412 e. The normalized spacial score (nSPS) is 17.9. The zero-order valence-corrected chi connectivity index (χ0v) is 13.8. The zero-order valence-electron chi connectivity index (χ0n) is 13.0. The highest BCUT2D eigenvalue weighted by Gasteiger charge is 2.19. The van der Waals surface area contributed by atoms with Gasteiger partial charge in [0.1, 0.15) is 0 Å². The first kappa shape index (κ1) is 15.1. The van der Waals surface area contributed by atoms with Crippen molar-refractivity contribution < 1.29 is 0 Å². The molecule has 1 unspecified atom stereocenters. The average Bonchev–Trinajstić information content (AvgIpc) is 2.60. The predicted octanol–water partition coefficient (Wildman–Crippen LogP) is 5.10. The van der Waals surface area contributed by atoms with Crippen molar-refractivity contribution in [2.45, 2.75) is 71.8 Å². The largest absolute Gasteiger partial charge is 0.312 e. The summed E-state index contributed by atoms with van der Waals surface area (Å²) in [5, 5.41) is 3.53. The average molecular weight is 279 g/mol. The fourth-order valence-electron chi connectivity index (χ4n) is 2.87. The predicted molar refractivity (Wildman–Crippen MR) is 86.1 cm³/mol. The molecule has 1 aromatic heterocycles. The van der Waals surface area contributed by atoms with Crippen molar-refractivity contribution in [2.75, 3.05) is 7.05 Å². The van der Waals surface area contributed by atoms with Crippen molar-refractivity contribution in [1.29, 1.82) is 0 Å². The second-order valence-corrected chi connectivity index (χ2v) is 8.27. The lowest BCUT2D eigenvalue weighted by atomic mass is 9.88. The van der Waals surface area contributed by atoms with Gasteiger partial charge in [-0.25, -0.2) is 0 Å². The molecule has 108 valence electrons. The van der Waals surface area contributed by atoms with E-state index >= 15 is 0 Å². The molecule has 1 aliphatic carbocycles. The molecule has 0 aromatic carbocycles. The highest BCUT2D eigenvalue weighted by Crippen LogP contribution is 2.35. The molecule has 0 bridgehead atoms. The minimum atomic E-state index is 0.434. The van der Waals surface area contributed by atoms with E-state index in [-0.39, 0.29) is 0 Å². The van der Waals surface area contributed by atoms with E-state index in [1.165, 1.54) is 44.9 Å². The highest BCUT2D eigenvalue weighted by atomic mass is 32.1. The fourth-order valence-corrected chi connectivity index (χ4v) is 4.27. The molecular formula is C17H29NS. The second kappa shape index (κ2) is 6.41. The van der Waals surface area contributed by atoms with Crippen molar-refractivity contribution in [3.8, 4) is 0 Å². The molecule has 1 atom stereocenters. The molecule has 1 heterocycles. The van der Waals surface area contributed by atoms with Gasteiger partial charge in [0, 0.05) is 15.8 Å². The Morgan fingerprint density at radius 2 is 1.95 bits per heavy atom. The van der Waals surface area contributed by atoms with Crippen molar-refractivity contribution in [3.05, 3.63) is 21.4 Å². The summed E-state index contributed by atoms with van der Waals surface area (Å²) in [5.41, 5.74) is 2.08. The minimum Gasteiger partial charge on any atom is -0.312 e. The lowest BCUT2D eigenvalue weighted by molar-refractivity contribution is 0.339. The molecule has 2 rings (SSSR count). The zero-order chi connectivity index (χ0) is 13.9. The van der Waals surface area contributed by atoms with Gasteiger partial charge in [-0.3, -0.25) is 0 Å². The number of hydrogen-bond acceptors (Lipinski definition) is 2. The van der Waals surface area contributed by atoms with Crippen LogP contribution in [0.5, 0.6) is 0 Å². The first-order valence-corrected chi connectivity index (χ1v) is 8.60. The van der Waals surface area contributed by atoms with Crippen LogP contribution < -0.4 is 5.32 Å². The minimum absolute atomic E-state index is 0.434. The van der Waals surface area contributed by atoms with Crippen LogP contribution in [0.2, 0.25) is 0 Å². The van der Waals surface area contributed by atoms with Gasteiger partial charge in [-0.05, 0) is 62.6 Å². The summed E-state index contributed by atoms with van der Waals surface area (Å²) in [6.07, 6.45) is 9.34. The van der Waals surface area contributed by atoms with E-state index in [4.69, 9.17) is 0 Å². The second-order valence-electron chi connectivity index (χ2n) is 7.10. The Labute approximate surface area is 122 Å². The molecule has 2 heteroatoms. The molecule has 0 aliphatic heterocycles. The monoisotopic (exact) mass is 279 g/mol. The van der Waals surface area contributed by atoms with E-state index in [9.17, 15) is 0 Å². The van der Waals surface area contributed by atoms with Gasteiger partial charge in [0.25, 0.3) is 0 Å². The van der Waals surface area contributed by atoms with E-state index in [1.807, 2.05) is 0 Å². The topological polar surface area (TPSA) is 12.0 Å². The third-order valence-electron chi connectivity index (χ3n) is 4.14. The van der Waals surface area contributed by atoms with Gasteiger partial charge in [-0.1, -0.05) is 27.2 Å². The summed E-state index contributed by atoms with van der Waals surface area (Å²) in [6, 6.07) is 3.05. The van der Waals surface area contributed by atoms with E-state index in [1.54, 1.807) is 15.3 Å². The fraction of sp³-hybridized carbons (Fsp3) is 0.765. The maximum absolute atomic E-state index is 3.53. The standard InChI is InChI=1S/C17H29NS/c1-17(2,3)11-10-14(18-4)16-12-13-8-6-5-7-9-15(13)19-16/h12,14,18H,5-11H2,1-4H3. The Kier molecular flexibility index (Phi) is 5.08. The molecule has 19 heavy (non-hydrogen) atoms. The lowest BCUT2D eigenvalue weighted by Crippen LogP contribution is -2.18. The summed E-state index contributed by atoms with van der Waals surface area (Å²) in [7, 11) is 2.11. The molecule has 1 nitrogen and oxygen atoms in total. The summed E-state index contributed by atoms with van der Waals surface area (Å²) in [5.74, 6) is 0. The van der Waals surface area contributed by atoms with Crippen LogP contribution in [0.25, 0.3) is 0 Å². The first-order chi connectivity index (χ1) is 8.99. The van der Waals surface area contributed by atoms with Crippen LogP contribution in [-0.4, -0.2) is 7.05 Å². The molecule has 1 N–H and O–H groups in total. The van der Waals surface area contributed by atoms with E-state index in [0.717, 1.165) is 0 Å². The number of hydrogen-bond donors (Lipinski definition) is 1. The third-order valence-corrected chi connectivity index (χ3v) is 5.49. The quantitative estimate of drug-likeness (QED) is 0.756. The van der Waals surface area contributed by atoms with Crippen molar-refractivity contribution >= 4 is 11.3 Å². The summed E-state index contributed by atoms with van der Waals surface area (Å²) >= 11 is 2.07. The van der Waals surface area contributed by atoms with Crippen LogP contribution in [0.4, 0.5) is 0 Å². The van der Waals surface area contributed by atoms with Gasteiger partial charge in [0.05, 0.1) is 0 Å². The van der Waals surface area contributed by atoms with E-state index < -0.39 is 0 Å². The number of aryl methyl sites for hydroxylation is 2. The Balaban J connectivity index is 2.06. The first-order valence-electron chi connectivity index (χ1n) is 7.78. The highest BCUT2D eigenvalue weighted by molar-refractivity contribution is 7.12. The van der Waals surface area contributed by atoms with Crippen LogP contribution in [0, 0.1) is 5.41 Å². The van der Waals surface area contributed by atoms with Crippen LogP contribution in [0.3, 0.4) is 0 Å². The Bertz CT molecular complexity index is 376. The molecule has 0 radical (unpaired) electrons. The van der Waals surface area contributed by atoms with Crippen molar-refractivity contribution in [3.63, 3.8) is 0 Å². The molecular weight excluding hydrogens is 250 g/mol. The molecule has 0 saturated heterocycles. The molecule has 1 aromatic rings. The maximum atomic E-state index is 3.53. The van der Waals surface area contributed by atoms with Gasteiger partial charge in [-0.2, -0.15) is 0 Å². The van der Waals surface area contributed by atoms with Crippen molar-refractivity contribution in [1.82, 2.24) is 5.32 Å². The van der Waals surface area contributed by atoms with Crippen LogP contribution >= 0.6 is 11.3 Å². The molecule has 0 amide bonds. The third kappa shape index (κ3) is 4.32. The van der Waals surface area contributed by atoms with Crippen LogP contribution in [0.1, 0.15) is 74.2 Å². The van der Waals surface area contributed by atoms with E-state index in [0.29, 0.717) is 11.5 Å². The summed E-state index contributed by atoms with van der Waals surface area (Å²) < 4.78 is 0. The number of thiophene rings is 1. The summed E-state index contributed by atoms with van der Waals surface area (Å²) in [6.45, 7) is 7.01. The Morgan fingerprint density at radius 1 is 1.21 bits per heavy atom. The van der Waals surface area contributed by atoms with Crippen molar-refractivity contribution in [2.24, 2.45) is 5.41 Å². The molecule has 1 aliphatic rings. The Hall–Kier alpha value is -0.340. The van der Waals surface area contributed by atoms with Gasteiger partial charge in [0.15, 0.2) is 0 Å². The molecule has 0 fully saturated rings. The molecule has 0 saturated carbocycles. The SMILES string of the molecule is CNC(CCC(C)(C)C)c1cc2c(s1)CCCCC2. The van der Waals surface area contributed by atoms with Gasteiger partial charge >= 0.3 is 0 Å². The van der Waals surface area contributed by atoms with Gasteiger partial charge < -0.3 is 5.32 Å². The van der Waals surface area contributed by atoms with Gasteiger partial charge in [0.2, 0.25) is 0 Å². The van der Waals surface area contributed by atoms with E-state index in [2.05, 4.69) is 50.5 Å². The maximum Gasteiger partial charge on any atom is 0.0412 e. The Morgan fingerprint density at radius 3 is 2.63 bits per heavy atom. The number of nitrogens with one attached hydrogen (secondary N) is 1. The summed E-state index contributed by atoms with van der Waals surface area (Å²) in [4.78, 5) is 3.24. The van der Waals surface area contributed by atoms with Gasteiger partial charge in [-0.15, -0.1) is 11.3 Å². The number of fused-ring (bicyclic) bond motifs is 1. The number of rotatable bonds is 4. The molecule has 0 spiro atoms. The van der Waals surface area contributed by atoms with Crippen LogP contribution in [0.15, 0.2) is 6.07 Å². The lowest BCUT2D eigenvalue weighted by Gasteiger charge is -2.22.